The monoisotopic (exact) mass is 284 g/mol. The van der Waals surface area contributed by atoms with Crippen LogP contribution in [0.1, 0.15) is 10.6 Å². The van der Waals surface area contributed by atoms with Crippen molar-refractivity contribution in [2.75, 3.05) is 5.73 Å². The summed E-state index contributed by atoms with van der Waals surface area (Å²) < 4.78 is 13.2. The summed E-state index contributed by atoms with van der Waals surface area (Å²) in [6.07, 6.45) is 0.634. The molecule has 0 bridgehead atoms. The highest BCUT2D eigenvalue weighted by Gasteiger charge is 2.08. The van der Waals surface area contributed by atoms with E-state index in [0.29, 0.717) is 6.42 Å². The molecule has 20 heavy (non-hydrogen) atoms. The summed E-state index contributed by atoms with van der Waals surface area (Å²) in [5, 5.41) is 2.94. The number of nitrogens with two attached hydrogens (primary N) is 1. The van der Waals surface area contributed by atoms with Crippen molar-refractivity contribution in [3.63, 3.8) is 0 Å². The van der Waals surface area contributed by atoms with Crippen LogP contribution in [0.5, 0.6) is 0 Å². The zero-order valence-electron chi connectivity index (χ0n) is 10.7. The maximum atomic E-state index is 13.2. The molecule has 0 saturated carbocycles. The minimum absolute atomic E-state index is 0.216. The second-order valence-corrected chi connectivity index (χ2v) is 5.46. The Morgan fingerprint density at radius 2 is 1.95 bits per heavy atom. The minimum Gasteiger partial charge on any atom is -0.398 e. The van der Waals surface area contributed by atoms with Crippen LogP contribution in [0.25, 0.3) is 11.3 Å². The van der Waals surface area contributed by atoms with Crippen molar-refractivity contribution in [2.24, 2.45) is 0 Å². The van der Waals surface area contributed by atoms with Gasteiger partial charge in [0.2, 0.25) is 0 Å². The lowest BCUT2D eigenvalue weighted by molar-refractivity contribution is 0.626. The average molecular weight is 284 g/mol. The van der Waals surface area contributed by atoms with Crippen molar-refractivity contribution in [3.05, 3.63) is 70.3 Å². The normalized spacial score (nSPS) is 10.7. The molecule has 3 aromatic rings. The third-order valence-electron chi connectivity index (χ3n) is 3.03. The zero-order chi connectivity index (χ0) is 13.9. The number of hydrogen-bond acceptors (Lipinski definition) is 3. The number of benzene rings is 2. The lowest BCUT2D eigenvalue weighted by Crippen LogP contribution is -1.91. The molecule has 0 aliphatic heterocycles. The molecule has 0 radical (unpaired) electrons. The molecule has 100 valence electrons. The zero-order valence-corrected chi connectivity index (χ0v) is 11.5. The molecule has 1 heterocycles. The lowest BCUT2D eigenvalue weighted by Gasteiger charge is -2.01. The van der Waals surface area contributed by atoms with Gasteiger partial charge in [-0.25, -0.2) is 9.37 Å². The number of nitrogens with zero attached hydrogens (tertiary/aromatic N) is 1. The predicted molar refractivity (Wildman–Crippen MR) is 81.2 cm³/mol. The fraction of sp³-hybridized carbons (Fsp3) is 0.0625. The second-order valence-electron chi connectivity index (χ2n) is 4.52. The number of aromatic nitrogens is 1. The van der Waals surface area contributed by atoms with Gasteiger partial charge >= 0.3 is 0 Å². The molecular formula is C16H13FN2S. The van der Waals surface area contributed by atoms with E-state index < -0.39 is 0 Å². The van der Waals surface area contributed by atoms with Crippen molar-refractivity contribution >= 4 is 17.0 Å². The van der Waals surface area contributed by atoms with E-state index in [9.17, 15) is 4.39 Å². The molecule has 0 aliphatic carbocycles. The SMILES string of the molecule is Nc1ccccc1-c1csc(Cc2cccc(F)c2)n1. The summed E-state index contributed by atoms with van der Waals surface area (Å²) in [6.45, 7) is 0. The van der Waals surface area contributed by atoms with Crippen LogP contribution < -0.4 is 5.73 Å². The molecule has 2 nitrogen and oxygen atoms in total. The summed E-state index contributed by atoms with van der Waals surface area (Å²) in [6, 6.07) is 14.3. The highest BCUT2D eigenvalue weighted by Crippen LogP contribution is 2.27. The van der Waals surface area contributed by atoms with Crippen LogP contribution in [0, 0.1) is 5.82 Å². The highest BCUT2D eigenvalue weighted by atomic mass is 32.1. The number of rotatable bonds is 3. The number of para-hydroxylation sites is 1. The molecule has 0 amide bonds. The van der Waals surface area contributed by atoms with Gasteiger partial charge in [0.1, 0.15) is 5.82 Å². The smallest absolute Gasteiger partial charge is 0.123 e. The number of hydrogen-bond donors (Lipinski definition) is 1. The Balaban J connectivity index is 1.86. The average Bonchev–Trinajstić information content (AvgIpc) is 2.87. The Labute approximate surface area is 120 Å². The van der Waals surface area contributed by atoms with Crippen LogP contribution in [0.3, 0.4) is 0 Å². The largest absolute Gasteiger partial charge is 0.398 e. The summed E-state index contributed by atoms with van der Waals surface area (Å²) in [5.74, 6) is -0.216. The predicted octanol–water partition coefficient (Wildman–Crippen LogP) is 4.12. The Bertz CT molecular complexity index is 737. The first kappa shape index (κ1) is 12.8. The van der Waals surface area contributed by atoms with E-state index in [1.165, 1.54) is 12.1 Å². The van der Waals surface area contributed by atoms with Crippen molar-refractivity contribution in [1.29, 1.82) is 0 Å². The van der Waals surface area contributed by atoms with Crippen molar-refractivity contribution in [3.8, 4) is 11.3 Å². The molecule has 1 aromatic heterocycles. The molecule has 0 fully saturated rings. The van der Waals surface area contributed by atoms with Crippen molar-refractivity contribution in [1.82, 2.24) is 4.98 Å². The molecule has 2 aromatic carbocycles. The van der Waals surface area contributed by atoms with Crippen LogP contribution in [0.15, 0.2) is 53.9 Å². The fourth-order valence-corrected chi connectivity index (χ4v) is 2.90. The number of anilines is 1. The van der Waals surface area contributed by atoms with E-state index >= 15 is 0 Å². The van der Waals surface area contributed by atoms with Gasteiger partial charge in [0.15, 0.2) is 0 Å². The van der Waals surface area contributed by atoms with Gasteiger partial charge in [0, 0.05) is 23.1 Å². The third-order valence-corrected chi connectivity index (χ3v) is 3.88. The first-order valence-electron chi connectivity index (χ1n) is 6.26. The fourth-order valence-electron chi connectivity index (χ4n) is 2.07. The number of nitrogen functional groups attached to an aromatic ring is 1. The van der Waals surface area contributed by atoms with Gasteiger partial charge in [0.05, 0.1) is 10.7 Å². The number of halogens is 1. The Hall–Kier alpha value is -2.20. The van der Waals surface area contributed by atoms with Gasteiger partial charge < -0.3 is 5.73 Å². The maximum absolute atomic E-state index is 13.2. The summed E-state index contributed by atoms with van der Waals surface area (Å²) in [5.41, 5.74) is 9.40. The van der Waals surface area contributed by atoms with Crippen LogP contribution >= 0.6 is 11.3 Å². The standard InChI is InChI=1S/C16H13FN2S/c17-12-5-3-4-11(8-12)9-16-19-15(10-20-16)13-6-1-2-7-14(13)18/h1-8,10H,9,18H2. The van der Waals surface area contributed by atoms with E-state index in [1.807, 2.05) is 35.7 Å². The summed E-state index contributed by atoms with van der Waals surface area (Å²) in [7, 11) is 0. The van der Waals surface area contributed by atoms with Crippen molar-refractivity contribution < 1.29 is 4.39 Å². The maximum Gasteiger partial charge on any atom is 0.123 e. The molecule has 0 aliphatic rings. The molecule has 0 saturated heterocycles. The van der Waals surface area contributed by atoms with Gasteiger partial charge in [-0.05, 0) is 23.8 Å². The summed E-state index contributed by atoms with van der Waals surface area (Å²) >= 11 is 1.56. The van der Waals surface area contributed by atoms with E-state index in [1.54, 1.807) is 17.4 Å². The second kappa shape index (κ2) is 5.43. The van der Waals surface area contributed by atoms with E-state index in [0.717, 1.165) is 27.5 Å². The molecule has 0 unspecified atom stereocenters. The van der Waals surface area contributed by atoms with Crippen LogP contribution in [-0.4, -0.2) is 4.98 Å². The highest BCUT2D eigenvalue weighted by molar-refractivity contribution is 7.10. The first-order valence-corrected chi connectivity index (χ1v) is 7.14. The first-order chi connectivity index (χ1) is 9.72. The van der Waals surface area contributed by atoms with Gasteiger partial charge in [-0.15, -0.1) is 11.3 Å². The molecule has 2 N–H and O–H groups in total. The molecule has 0 atom stereocenters. The quantitative estimate of drug-likeness (QED) is 0.735. The number of thiazole rings is 1. The minimum atomic E-state index is -0.216. The van der Waals surface area contributed by atoms with Gasteiger partial charge in [0.25, 0.3) is 0 Å². The molecule has 4 heteroatoms. The van der Waals surface area contributed by atoms with Crippen molar-refractivity contribution in [2.45, 2.75) is 6.42 Å². The molecule has 0 spiro atoms. The Kier molecular flexibility index (Phi) is 3.48. The van der Waals surface area contributed by atoms with Crippen LogP contribution in [0.2, 0.25) is 0 Å². The van der Waals surface area contributed by atoms with E-state index in [4.69, 9.17) is 5.73 Å². The third kappa shape index (κ3) is 2.70. The van der Waals surface area contributed by atoms with Gasteiger partial charge in [-0.3, -0.25) is 0 Å². The Morgan fingerprint density at radius 3 is 2.75 bits per heavy atom. The molecule has 3 rings (SSSR count). The van der Waals surface area contributed by atoms with Crippen LogP contribution in [-0.2, 0) is 6.42 Å². The van der Waals surface area contributed by atoms with E-state index in [2.05, 4.69) is 4.98 Å². The van der Waals surface area contributed by atoms with Crippen LogP contribution in [0.4, 0.5) is 10.1 Å². The molecular weight excluding hydrogens is 271 g/mol. The Morgan fingerprint density at radius 1 is 1.10 bits per heavy atom. The van der Waals surface area contributed by atoms with Gasteiger partial charge in [-0.1, -0.05) is 30.3 Å². The van der Waals surface area contributed by atoms with Gasteiger partial charge in [-0.2, -0.15) is 0 Å². The topological polar surface area (TPSA) is 38.9 Å². The summed E-state index contributed by atoms with van der Waals surface area (Å²) in [4.78, 5) is 4.58. The van der Waals surface area contributed by atoms with E-state index in [-0.39, 0.29) is 5.82 Å². The lowest BCUT2D eigenvalue weighted by atomic mass is 10.1.